The van der Waals surface area contributed by atoms with E-state index in [1.807, 2.05) is 60.7 Å². The van der Waals surface area contributed by atoms with Crippen LogP contribution in [0, 0.1) is 10.1 Å². The SMILES string of the molecule is O=[N+]([O-])c1cccnc1-c1cnc2c3ccccc3n(-c3ccccc3)c2c1. The van der Waals surface area contributed by atoms with Crippen LogP contribution in [0.5, 0.6) is 0 Å². The number of rotatable bonds is 3. The third kappa shape index (κ3) is 2.43. The second-order valence-electron chi connectivity index (χ2n) is 6.41. The van der Waals surface area contributed by atoms with Crippen LogP contribution in [-0.2, 0) is 0 Å². The molecule has 0 saturated heterocycles. The molecule has 28 heavy (non-hydrogen) atoms. The van der Waals surface area contributed by atoms with Crippen LogP contribution >= 0.6 is 0 Å². The summed E-state index contributed by atoms with van der Waals surface area (Å²) in [6.07, 6.45) is 3.21. The first kappa shape index (κ1) is 16.1. The van der Waals surface area contributed by atoms with Crippen molar-refractivity contribution in [2.75, 3.05) is 0 Å². The van der Waals surface area contributed by atoms with Crippen molar-refractivity contribution in [3.63, 3.8) is 0 Å². The zero-order valence-electron chi connectivity index (χ0n) is 14.7. The molecule has 134 valence electrons. The normalized spacial score (nSPS) is 11.1. The van der Waals surface area contributed by atoms with Crippen molar-refractivity contribution in [1.29, 1.82) is 0 Å². The molecule has 0 bridgehead atoms. The Hall–Kier alpha value is -4.06. The van der Waals surface area contributed by atoms with E-state index in [0.717, 1.165) is 27.6 Å². The van der Waals surface area contributed by atoms with E-state index in [1.54, 1.807) is 18.5 Å². The van der Waals surface area contributed by atoms with Crippen molar-refractivity contribution in [2.45, 2.75) is 0 Å². The molecule has 0 aliphatic heterocycles. The molecular formula is C22H14N4O2. The van der Waals surface area contributed by atoms with Gasteiger partial charge in [-0.2, -0.15) is 0 Å². The highest BCUT2D eigenvalue weighted by molar-refractivity contribution is 6.07. The monoisotopic (exact) mass is 366 g/mol. The van der Waals surface area contributed by atoms with Crippen molar-refractivity contribution < 1.29 is 4.92 Å². The van der Waals surface area contributed by atoms with Crippen molar-refractivity contribution >= 4 is 27.6 Å². The summed E-state index contributed by atoms with van der Waals surface area (Å²) < 4.78 is 2.12. The lowest BCUT2D eigenvalue weighted by Crippen LogP contribution is -1.96. The van der Waals surface area contributed by atoms with Crippen molar-refractivity contribution in [1.82, 2.24) is 14.5 Å². The van der Waals surface area contributed by atoms with E-state index < -0.39 is 4.92 Å². The molecule has 0 atom stereocenters. The highest BCUT2D eigenvalue weighted by Crippen LogP contribution is 2.34. The number of pyridine rings is 2. The third-order valence-electron chi connectivity index (χ3n) is 4.78. The largest absolute Gasteiger partial charge is 0.308 e. The Labute approximate surface area is 159 Å². The van der Waals surface area contributed by atoms with Crippen LogP contribution in [0.4, 0.5) is 5.69 Å². The Balaban J connectivity index is 1.86. The molecule has 0 aliphatic rings. The maximum Gasteiger partial charge on any atom is 0.295 e. The number of nitro groups is 1. The minimum absolute atomic E-state index is 0.0361. The lowest BCUT2D eigenvalue weighted by atomic mass is 10.1. The summed E-state index contributed by atoms with van der Waals surface area (Å²) in [7, 11) is 0. The molecule has 5 rings (SSSR count). The number of para-hydroxylation sites is 2. The van der Waals surface area contributed by atoms with E-state index >= 15 is 0 Å². The van der Waals surface area contributed by atoms with E-state index in [1.165, 1.54) is 6.07 Å². The molecule has 0 fully saturated rings. The molecule has 2 aromatic carbocycles. The van der Waals surface area contributed by atoms with Gasteiger partial charge in [0.2, 0.25) is 0 Å². The topological polar surface area (TPSA) is 73.8 Å². The summed E-state index contributed by atoms with van der Waals surface area (Å²) >= 11 is 0. The fourth-order valence-corrected chi connectivity index (χ4v) is 3.58. The number of hydrogen-bond donors (Lipinski definition) is 0. The highest BCUT2D eigenvalue weighted by atomic mass is 16.6. The fraction of sp³-hybridized carbons (Fsp3) is 0. The van der Waals surface area contributed by atoms with Gasteiger partial charge in [-0.25, -0.2) is 4.98 Å². The van der Waals surface area contributed by atoms with E-state index in [0.29, 0.717) is 11.3 Å². The standard InChI is InChI=1S/C22H14N4O2/c27-26(28)19-11-6-12-23-21(19)15-13-20-22(24-14-15)17-9-4-5-10-18(17)25(20)16-7-2-1-3-8-16/h1-14H. The van der Waals surface area contributed by atoms with Gasteiger partial charge >= 0.3 is 0 Å². The first-order valence-electron chi connectivity index (χ1n) is 8.78. The zero-order chi connectivity index (χ0) is 19.1. The number of fused-ring (bicyclic) bond motifs is 3. The number of nitrogens with zero attached hydrogens (tertiary/aromatic N) is 4. The molecule has 0 spiro atoms. The van der Waals surface area contributed by atoms with E-state index in [4.69, 9.17) is 0 Å². The van der Waals surface area contributed by atoms with Crippen molar-refractivity contribution in [2.24, 2.45) is 0 Å². The van der Waals surface area contributed by atoms with Crippen LogP contribution in [0.25, 0.3) is 38.9 Å². The second kappa shape index (κ2) is 6.28. The summed E-state index contributed by atoms with van der Waals surface area (Å²) in [5.74, 6) is 0. The highest BCUT2D eigenvalue weighted by Gasteiger charge is 2.19. The smallest absolute Gasteiger partial charge is 0.295 e. The molecular weight excluding hydrogens is 352 g/mol. The summed E-state index contributed by atoms with van der Waals surface area (Å²) in [5, 5.41) is 12.5. The van der Waals surface area contributed by atoms with Crippen LogP contribution in [0.1, 0.15) is 0 Å². The van der Waals surface area contributed by atoms with Crippen LogP contribution in [0.2, 0.25) is 0 Å². The predicted molar refractivity (Wildman–Crippen MR) is 108 cm³/mol. The molecule has 0 aliphatic carbocycles. The number of aromatic nitrogens is 3. The van der Waals surface area contributed by atoms with Crippen LogP contribution in [0.15, 0.2) is 85.2 Å². The maximum absolute atomic E-state index is 11.4. The Morgan fingerprint density at radius 3 is 2.46 bits per heavy atom. The summed E-state index contributed by atoms with van der Waals surface area (Å²) in [6.45, 7) is 0. The number of benzene rings is 2. The van der Waals surface area contributed by atoms with Gasteiger partial charge < -0.3 is 4.57 Å². The van der Waals surface area contributed by atoms with Gasteiger partial charge in [0.25, 0.3) is 5.69 Å². The first-order chi connectivity index (χ1) is 13.7. The molecule has 0 amide bonds. The van der Waals surface area contributed by atoms with Gasteiger partial charge in [-0.05, 0) is 30.3 Å². The zero-order valence-corrected chi connectivity index (χ0v) is 14.7. The molecule has 0 radical (unpaired) electrons. The second-order valence-corrected chi connectivity index (χ2v) is 6.41. The van der Waals surface area contributed by atoms with E-state index in [2.05, 4.69) is 14.5 Å². The fourth-order valence-electron chi connectivity index (χ4n) is 3.58. The average molecular weight is 366 g/mol. The van der Waals surface area contributed by atoms with Crippen LogP contribution in [0.3, 0.4) is 0 Å². The van der Waals surface area contributed by atoms with Gasteiger partial charge in [0.1, 0.15) is 5.69 Å². The van der Waals surface area contributed by atoms with Crippen LogP contribution < -0.4 is 0 Å². The van der Waals surface area contributed by atoms with Crippen LogP contribution in [-0.4, -0.2) is 19.5 Å². The lowest BCUT2D eigenvalue weighted by Gasteiger charge is -2.08. The van der Waals surface area contributed by atoms with Gasteiger partial charge in [-0.3, -0.25) is 15.1 Å². The Bertz CT molecular complexity index is 1340. The predicted octanol–water partition coefficient (Wildman–Crippen LogP) is 5.15. The molecule has 3 heterocycles. The van der Waals surface area contributed by atoms with E-state index in [9.17, 15) is 10.1 Å². The van der Waals surface area contributed by atoms with Crippen molar-refractivity contribution in [3.05, 3.63) is 95.3 Å². The Morgan fingerprint density at radius 1 is 0.857 bits per heavy atom. The summed E-state index contributed by atoms with van der Waals surface area (Å²) in [6, 6.07) is 23.0. The molecule has 5 aromatic rings. The molecule has 6 nitrogen and oxygen atoms in total. The minimum atomic E-state index is -0.417. The summed E-state index contributed by atoms with van der Waals surface area (Å²) in [4.78, 5) is 19.9. The Morgan fingerprint density at radius 2 is 1.64 bits per heavy atom. The minimum Gasteiger partial charge on any atom is -0.308 e. The van der Waals surface area contributed by atoms with Gasteiger partial charge in [0.05, 0.1) is 21.5 Å². The van der Waals surface area contributed by atoms with Gasteiger partial charge in [0, 0.05) is 35.1 Å². The lowest BCUT2D eigenvalue weighted by molar-refractivity contribution is -0.384. The quantitative estimate of drug-likeness (QED) is 0.327. The Kier molecular flexibility index (Phi) is 3.62. The first-order valence-corrected chi connectivity index (χ1v) is 8.78. The summed E-state index contributed by atoms with van der Waals surface area (Å²) in [5.41, 5.74) is 4.65. The van der Waals surface area contributed by atoms with Gasteiger partial charge in [-0.1, -0.05) is 36.4 Å². The van der Waals surface area contributed by atoms with Gasteiger partial charge in [-0.15, -0.1) is 0 Å². The molecule has 0 unspecified atom stereocenters. The maximum atomic E-state index is 11.4. The molecule has 6 heteroatoms. The molecule has 3 aromatic heterocycles. The molecule has 0 N–H and O–H groups in total. The van der Waals surface area contributed by atoms with Crippen molar-refractivity contribution in [3.8, 4) is 16.9 Å². The molecule has 0 saturated carbocycles. The van der Waals surface area contributed by atoms with Gasteiger partial charge in [0.15, 0.2) is 0 Å². The number of hydrogen-bond acceptors (Lipinski definition) is 4. The average Bonchev–Trinajstić information content (AvgIpc) is 3.08. The third-order valence-corrected chi connectivity index (χ3v) is 4.78. The van der Waals surface area contributed by atoms with E-state index in [-0.39, 0.29) is 5.69 Å².